The normalized spacial score (nSPS) is 54.9. The molecule has 0 aromatic rings. The molecule has 5 aliphatic rings. The molecule has 9 atom stereocenters. The van der Waals surface area contributed by atoms with Gasteiger partial charge in [-0.1, -0.05) is 27.2 Å². The third-order valence-corrected chi connectivity index (χ3v) is 10.0. The molecule has 1 N–H and O–H groups in total. The lowest BCUT2D eigenvalue weighted by Gasteiger charge is -2.63. The van der Waals surface area contributed by atoms with E-state index in [0.717, 1.165) is 37.2 Å². The van der Waals surface area contributed by atoms with E-state index in [0.29, 0.717) is 29.1 Å². The van der Waals surface area contributed by atoms with Crippen molar-refractivity contribution in [3.63, 3.8) is 0 Å². The van der Waals surface area contributed by atoms with Crippen molar-refractivity contribution < 1.29 is 19.0 Å². The molecule has 164 valence electrons. The number of aliphatic hydroxyl groups is 1. The monoisotopic (exact) mass is 406 g/mol. The fraction of sp³-hybridized carbons (Fsp3) is 0.920. The van der Waals surface area contributed by atoms with Crippen molar-refractivity contribution in [2.75, 3.05) is 6.61 Å². The van der Waals surface area contributed by atoms with Gasteiger partial charge in [-0.05, 0) is 98.4 Å². The van der Waals surface area contributed by atoms with Crippen LogP contribution in [0.3, 0.4) is 0 Å². The topological polar surface area (TPSA) is 38.7 Å². The van der Waals surface area contributed by atoms with Crippen LogP contribution >= 0.6 is 0 Å². The zero-order valence-electron chi connectivity index (χ0n) is 18.8. The number of rotatable bonds is 1. The fourth-order valence-corrected chi connectivity index (χ4v) is 8.74. The summed E-state index contributed by atoms with van der Waals surface area (Å²) in [6, 6.07) is 0. The molecule has 4 saturated carbocycles. The van der Waals surface area contributed by atoms with E-state index in [2.05, 4.69) is 34.6 Å². The molecule has 5 rings (SSSR count). The van der Waals surface area contributed by atoms with Crippen LogP contribution < -0.4 is 0 Å². The fourth-order valence-electron chi connectivity index (χ4n) is 8.74. The van der Waals surface area contributed by atoms with E-state index in [9.17, 15) is 9.50 Å². The van der Waals surface area contributed by atoms with Gasteiger partial charge in [0.1, 0.15) is 5.83 Å². The average Bonchev–Trinajstić information content (AvgIpc) is 3.18. The second-order valence-electron chi connectivity index (χ2n) is 11.9. The van der Waals surface area contributed by atoms with Gasteiger partial charge < -0.3 is 14.6 Å². The number of allylic oxidation sites excluding steroid dienone is 1. The molecule has 0 aromatic carbocycles. The van der Waals surface area contributed by atoms with Crippen molar-refractivity contribution in [1.29, 1.82) is 0 Å². The van der Waals surface area contributed by atoms with Crippen LogP contribution in [0, 0.1) is 40.4 Å². The maximum atomic E-state index is 14.6. The minimum atomic E-state index is -0.534. The minimum absolute atomic E-state index is 0.125. The third kappa shape index (κ3) is 2.77. The van der Waals surface area contributed by atoms with Gasteiger partial charge in [-0.15, -0.1) is 0 Å². The molecule has 0 radical (unpaired) electrons. The molecular formula is C25H39FO3. The Balaban J connectivity index is 1.58. The molecule has 29 heavy (non-hydrogen) atoms. The van der Waals surface area contributed by atoms with E-state index in [4.69, 9.17) is 9.47 Å². The Labute approximate surface area is 175 Å². The van der Waals surface area contributed by atoms with Crippen LogP contribution in [-0.2, 0) is 9.47 Å². The number of halogens is 1. The molecule has 0 amide bonds. The Hall–Kier alpha value is -0.450. The van der Waals surface area contributed by atoms with Crippen LogP contribution in [0.25, 0.3) is 0 Å². The standard InChI is InChI=1S/C25H39FO3/c1-14-8-10-25(5)17-9-11-24(4)15(19(26)13-27)6-7-16(24)20(17)22-21(18(25)12-14)28-23(2,3)29-22/h14,16-18,20-22,27H,6-13H2,1-5H3/b19-15+/t14-,16?,17?,18?,20?,21+,22+,24+,25+/m0/s1. The molecular weight excluding hydrogens is 367 g/mol. The van der Waals surface area contributed by atoms with Crippen LogP contribution in [0.4, 0.5) is 4.39 Å². The highest BCUT2D eigenvalue weighted by atomic mass is 19.1. The summed E-state index contributed by atoms with van der Waals surface area (Å²) in [5, 5.41) is 9.49. The van der Waals surface area contributed by atoms with Gasteiger partial charge in [-0.25, -0.2) is 4.39 Å². The van der Waals surface area contributed by atoms with E-state index in [1.165, 1.54) is 19.3 Å². The Bertz CT molecular complexity index is 717. The van der Waals surface area contributed by atoms with Gasteiger partial charge in [-0.3, -0.25) is 0 Å². The second-order valence-corrected chi connectivity index (χ2v) is 11.9. The highest BCUT2D eigenvalue weighted by Crippen LogP contribution is 2.69. The number of aliphatic hydroxyl groups excluding tert-OH is 1. The Morgan fingerprint density at radius 1 is 1.00 bits per heavy atom. The predicted molar refractivity (Wildman–Crippen MR) is 111 cm³/mol. The molecule has 4 unspecified atom stereocenters. The minimum Gasteiger partial charge on any atom is -0.389 e. The largest absolute Gasteiger partial charge is 0.389 e. The molecule has 1 heterocycles. The number of fused-ring (bicyclic) bond motifs is 8. The molecule has 0 aromatic heterocycles. The van der Waals surface area contributed by atoms with Crippen molar-refractivity contribution in [1.82, 2.24) is 0 Å². The van der Waals surface area contributed by atoms with Crippen molar-refractivity contribution in [2.45, 2.75) is 97.6 Å². The first-order valence-corrected chi connectivity index (χ1v) is 12.0. The average molecular weight is 407 g/mol. The number of hydrogen-bond acceptors (Lipinski definition) is 3. The van der Waals surface area contributed by atoms with E-state index in [1.54, 1.807) is 0 Å². The molecule has 4 heteroatoms. The Morgan fingerprint density at radius 2 is 1.72 bits per heavy atom. The summed E-state index contributed by atoms with van der Waals surface area (Å²) in [6.45, 7) is 10.9. The van der Waals surface area contributed by atoms with Gasteiger partial charge in [-0.2, -0.15) is 0 Å². The van der Waals surface area contributed by atoms with Gasteiger partial charge in [0.25, 0.3) is 0 Å². The predicted octanol–water partition coefficient (Wildman–Crippen LogP) is 5.62. The van der Waals surface area contributed by atoms with E-state index >= 15 is 0 Å². The molecule has 5 fully saturated rings. The quantitative estimate of drug-likeness (QED) is 0.614. The van der Waals surface area contributed by atoms with Crippen molar-refractivity contribution in [3.05, 3.63) is 11.4 Å². The van der Waals surface area contributed by atoms with Crippen LogP contribution in [-0.4, -0.2) is 29.7 Å². The highest BCUT2D eigenvalue weighted by molar-refractivity contribution is 5.28. The van der Waals surface area contributed by atoms with E-state index in [1.807, 2.05) is 0 Å². The van der Waals surface area contributed by atoms with Gasteiger partial charge in [0, 0.05) is 0 Å². The lowest BCUT2D eigenvalue weighted by Crippen LogP contribution is -2.62. The highest BCUT2D eigenvalue weighted by Gasteiger charge is 2.67. The van der Waals surface area contributed by atoms with Crippen LogP contribution in [0.1, 0.15) is 79.6 Å². The molecule has 0 spiro atoms. The maximum absolute atomic E-state index is 14.6. The van der Waals surface area contributed by atoms with Crippen molar-refractivity contribution in [3.8, 4) is 0 Å². The van der Waals surface area contributed by atoms with E-state index < -0.39 is 12.4 Å². The first-order valence-electron chi connectivity index (χ1n) is 12.0. The summed E-state index contributed by atoms with van der Waals surface area (Å²) in [6.07, 6.45) is 8.12. The summed E-state index contributed by atoms with van der Waals surface area (Å²) in [5.41, 5.74) is 1.05. The van der Waals surface area contributed by atoms with E-state index in [-0.39, 0.29) is 23.4 Å². The summed E-state index contributed by atoms with van der Waals surface area (Å²) >= 11 is 0. The van der Waals surface area contributed by atoms with Crippen LogP contribution in [0.15, 0.2) is 11.4 Å². The number of hydrogen-bond donors (Lipinski definition) is 1. The molecule has 3 nitrogen and oxygen atoms in total. The first-order chi connectivity index (χ1) is 13.6. The van der Waals surface area contributed by atoms with Gasteiger partial charge >= 0.3 is 0 Å². The van der Waals surface area contributed by atoms with Gasteiger partial charge in [0.15, 0.2) is 5.79 Å². The van der Waals surface area contributed by atoms with Crippen LogP contribution in [0.5, 0.6) is 0 Å². The summed E-state index contributed by atoms with van der Waals surface area (Å²) in [5.74, 6) is 2.00. The lowest BCUT2D eigenvalue weighted by molar-refractivity contribution is -0.176. The molecule has 0 bridgehead atoms. The SMILES string of the molecule is C[C@H]1CC[C@]2(C)C3CC[C@]4(C)/C(=C(/F)CO)CCC4C3[C@H]3OC(C)(C)O[C@@H]3C2C1. The summed E-state index contributed by atoms with van der Waals surface area (Å²) in [4.78, 5) is 0. The van der Waals surface area contributed by atoms with Crippen LogP contribution in [0.2, 0.25) is 0 Å². The molecule has 1 saturated heterocycles. The maximum Gasteiger partial charge on any atom is 0.163 e. The summed E-state index contributed by atoms with van der Waals surface area (Å²) in [7, 11) is 0. The molecule has 4 aliphatic carbocycles. The van der Waals surface area contributed by atoms with Crippen molar-refractivity contribution in [2.24, 2.45) is 40.4 Å². The third-order valence-electron chi connectivity index (χ3n) is 10.0. The lowest BCUT2D eigenvalue weighted by atomic mass is 9.43. The van der Waals surface area contributed by atoms with Gasteiger partial charge in [0.2, 0.25) is 0 Å². The smallest absolute Gasteiger partial charge is 0.163 e. The second kappa shape index (κ2) is 6.53. The summed E-state index contributed by atoms with van der Waals surface area (Å²) < 4.78 is 27.9. The first kappa shape index (κ1) is 20.5. The Kier molecular flexibility index (Phi) is 4.60. The molecule has 1 aliphatic heterocycles. The number of ether oxygens (including phenoxy) is 2. The van der Waals surface area contributed by atoms with Crippen molar-refractivity contribution >= 4 is 0 Å². The zero-order valence-corrected chi connectivity index (χ0v) is 18.8. The van der Waals surface area contributed by atoms with Gasteiger partial charge in [0.05, 0.1) is 18.8 Å². The zero-order chi connectivity index (χ0) is 20.8. The Morgan fingerprint density at radius 3 is 2.45 bits per heavy atom.